The SMILES string of the molecule is CC/C=C\C/C=C\C/C=C\C/C=C\C/C=C\C/C=C\CCC(=O)OCC(COP(=O)(O)OCC(O)COP(=O)(O)OCC(COC(=O)CCCCCCCC/C=C\C/C=C\C/C=C\CCCCC)OC(=O)CCCCCCC/C=C\C/C=C\CCCCC)OC(=O)CC/C=C\C/C=C\C/C=C\C/C=C\C/C=C\C/C=C\CC. The minimum absolute atomic E-state index is 0.0111. The summed E-state index contributed by atoms with van der Waals surface area (Å²) >= 11 is 0. The summed E-state index contributed by atoms with van der Waals surface area (Å²) in [6.07, 6.45) is 104. The average molecular weight is 1600 g/mol. The molecule has 0 heterocycles. The maximum absolute atomic E-state index is 13.1. The highest BCUT2D eigenvalue weighted by atomic mass is 31.2. The van der Waals surface area contributed by atoms with E-state index < -0.39 is 97.5 Å². The van der Waals surface area contributed by atoms with Gasteiger partial charge in [0.05, 0.1) is 26.4 Å². The molecule has 112 heavy (non-hydrogen) atoms. The second-order valence-electron chi connectivity index (χ2n) is 27.3. The molecule has 5 atom stereocenters. The van der Waals surface area contributed by atoms with E-state index in [1.54, 1.807) is 0 Å². The lowest BCUT2D eigenvalue weighted by Gasteiger charge is -2.21. The van der Waals surface area contributed by atoms with E-state index in [0.29, 0.717) is 38.5 Å². The Kier molecular flexibility index (Phi) is 77.9. The number of aliphatic hydroxyl groups excluding tert-OH is 1. The third kappa shape index (κ3) is 81.6. The molecule has 0 aromatic carbocycles. The molecule has 19 heteroatoms. The number of rotatable bonds is 77. The molecule has 632 valence electrons. The molecule has 0 amide bonds. The Morgan fingerprint density at radius 2 is 0.482 bits per heavy atom. The van der Waals surface area contributed by atoms with E-state index in [1.165, 1.54) is 38.5 Å². The van der Waals surface area contributed by atoms with Crippen LogP contribution in [-0.2, 0) is 65.4 Å². The predicted octanol–water partition coefficient (Wildman–Crippen LogP) is 25.4. The van der Waals surface area contributed by atoms with Crippen molar-refractivity contribution in [2.75, 3.05) is 39.6 Å². The van der Waals surface area contributed by atoms with Gasteiger partial charge in [-0.2, -0.15) is 0 Å². The van der Waals surface area contributed by atoms with E-state index in [4.69, 9.17) is 37.0 Å². The van der Waals surface area contributed by atoms with Crippen LogP contribution in [0.4, 0.5) is 0 Å². The van der Waals surface area contributed by atoms with E-state index in [-0.39, 0.29) is 25.7 Å². The molecule has 17 nitrogen and oxygen atoms in total. The minimum atomic E-state index is -5.03. The van der Waals surface area contributed by atoms with Crippen LogP contribution in [0.25, 0.3) is 0 Å². The fraction of sp³-hybridized carbons (Fsp3) is 0.591. The van der Waals surface area contributed by atoms with Crippen molar-refractivity contribution in [1.29, 1.82) is 0 Å². The highest BCUT2D eigenvalue weighted by molar-refractivity contribution is 7.47. The first-order chi connectivity index (χ1) is 54.7. The maximum atomic E-state index is 13.1. The highest BCUT2D eigenvalue weighted by Gasteiger charge is 2.30. The Bertz CT molecular complexity index is 2940. The van der Waals surface area contributed by atoms with E-state index in [9.17, 15) is 43.2 Å². The number of allylic oxidation sites excluding steroid dienone is 34. The van der Waals surface area contributed by atoms with Crippen molar-refractivity contribution >= 4 is 39.5 Å². The molecule has 0 saturated heterocycles. The van der Waals surface area contributed by atoms with Crippen LogP contribution in [0.15, 0.2) is 207 Å². The van der Waals surface area contributed by atoms with Gasteiger partial charge in [-0.05, 0) is 173 Å². The van der Waals surface area contributed by atoms with Crippen molar-refractivity contribution in [2.45, 2.75) is 316 Å². The fourth-order valence-electron chi connectivity index (χ4n) is 10.4. The third-order valence-corrected chi connectivity index (χ3v) is 18.6. The van der Waals surface area contributed by atoms with Gasteiger partial charge in [0, 0.05) is 25.7 Å². The van der Waals surface area contributed by atoms with Gasteiger partial charge < -0.3 is 33.8 Å². The molecule has 0 bridgehead atoms. The molecule has 0 saturated carbocycles. The second kappa shape index (κ2) is 82.6. The van der Waals surface area contributed by atoms with E-state index >= 15 is 0 Å². The lowest BCUT2D eigenvalue weighted by molar-refractivity contribution is -0.161. The Balaban J connectivity index is 5.56. The number of aliphatic hydroxyl groups is 1. The van der Waals surface area contributed by atoms with Crippen LogP contribution in [-0.4, -0.2) is 96.7 Å². The Labute approximate surface area is 678 Å². The van der Waals surface area contributed by atoms with Crippen molar-refractivity contribution in [3.05, 3.63) is 207 Å². The largest absolute Gasteiger partial charge is 0.472 e. The topological polar surface area (TPSA) is 237 Å². The molecule has 0 aromatic heterocycles. The number of hydrogen-bond donors (Lipinski definition) is 3. The monoisotopic (exact) mass is 1600 g/mol. The van der Waals surface area contributed by atoms with Gasteiger partial charge in [0.1, 0.15) is 19.3 Å². The zero-order valence-electron chi connectivity index (χ0n) is 69.3. The summed E-state index contributed by atoms with van der Waals surface area (Å²) < 4.78 is 68.6. The summed E-state index contributed by atoms with van der Waals surface area (Å²) in [7, 11) is -10.0. The van der Waals surface area contributed by atoms with Crippen LogP contribution in [0.2, 0.25) is 0 Å². The molecule has 0 aromatic rings. The van der Waals surface area contributed by atoms with Gasteiger partial charge in [-0.1, -0.05) is 305 Å². The third-order valence-electron chi connectivity index (χ3n) is 16.7. The summed E-state index contributed by atoms with van der Waals surface area (Å²) in [4.78, 5) is 73.2. The predicted molar refractivity (Wildman–Crippen MR) is 463 cm³/mol. The van der Waals surface area contributed by atoms with Gasteiger partial charge in [0.15, 0.2) is 12.2 Å². The molecule has 0 aliphatic rings. The number of unbranched alkanes of at least 4 members (excludes halogenated alkanes) is 17. The number of phosphoric acid groups is 2. The van der Waals surface area contributed by atoms with Crippen LogP contribution in [0.3, 0.4) is 0 Å². The van der Waals surface area contributed by atoms with Crippen molar-refractivity contribution in [3.63, 3.8) is 0 Å². The van der Waals surface area contributed by atoms with Gasteiger partial charge in [-0.3, -0.25) is 37.3 Å². The smallest absolute Gasteiger partial charge is 0.462 e. The first-order valence-corrected chi connectivity index (χ1v) is 45.3. The number of phosphoric ester groups is 2. The first-order valence-electron chi connectivity index (χ1n) is 42.3. The summed E-state index contributed by atoms with van der Waals surface area (Å²) in [5.74, 6) is -2.42. The summed E-state index contributed by atoms with van der Waals surface area (Å²) in [5, 5.41) is 10.7. The van der Waals surface area contributed by atoms with Gasteiger partial charge in [-0.15, -0.1) is 0 Å². The number of carbonyl (C=O) groups excluding carboxylic acids is 4. The Hall–Kier alpha value is -6.36. The van der Waals surface area contributed by atoms with Crippen LogP contribution in [0, 0.1) is 0 Å². The standard InChI is InChI=1S/C93H148O17P2/c1-5-9-13-17-21-25-29-33-37-40-43-46-50-53-57-61-65-69-73-77-90(95)103-83-88(109-92(97)79-75-71-67-63-59-55-49-36-32-28-24-20-16-12-8-4)85-107-111(99,100)105-81-87(94)82-106-112(101,102)108-86-89(110-93(98)80-76-72-68-64-60-56-52-48-45-42-39-35-31-27-23-19-15-11-7-3)84-104-91(96)78-74-70-66-62-58-54-51-47-44-41-38-34-30-26-22-18-14-10-6-2/h10-11,14-15,21-28,33-39,43-49,54,56,58,60,66,68,70,72,87-89,94H,5-9,12-13,16-20,29-32,40-42,50-53,55,57,59,61-65,67,69,71,73-86H2,1-4H3,(H,99,100)(H,101,102)/b14-10-,15-11-,25-21-,26-22-,27-23-,28-24-,37-33-,38-34-,39-35-,46-43-,47-44-,48-45-,49-36-,58-54-,60-56-,70-66-,72-68-. The molecule has 0 radical (unpaired) electrons. The number of esters is 4. The number of ether oxygens (including phenoxy) is 4. The summed E-state index contributed by atoms with van der Waals surface area (Å²) in [6, 6.07) is 0. The van der Waals surface area contributed by atoms with E-state index in [2.05, 4.69) is 198 Å². The summed E-state index contributed by atoms with van der Waals surface area (Å²) in [6.45, 7) is 4.38. The lowest BCUT2D eigenvalue weighted by atomic mass is 10.1. The van der Waals surface area contributed by atoms with Crippen molar-refractivity contribution in [3.8, 4) is 0 Å². The lowest BCUT2D eigenvalue weighted by Crippen LogP contribution is -2.30. The summed E-state index contributed by atoms with van der Waals surface area (Å²) in [5.41, 5.74) is 0. The van der Waals surface area contributed by atoms with E-state index in [0.717, 1.165) is 167 Å². The van der Waals surface area contributed by atoms with Crippen LogP contribution >= 0.6 is 15.6 Å². The molecule has 0 spiro atoms. The second-order valence-corrected chi connectivity index (χ2v) is 30.2. The van der Waals surface area contributed by atoms with Crippen molar-refractivity contribution < 1.29 is 80.2 Å². The molecule has 0 aliphatic carbocycles. The highest BCUT2D eigenvalue weighted by Crippen LogP contribution is 2.45. The molecule has 0 rings (SSSR count). The van der Waals surface area contributed by atoms with Crippen LogP contribution in [0.1, 0.15) is 297 Å². The first kappa shape index (κ1) is 106. The Morgan fingerprint density at radius 3 is 0.786 bits per heavy atom. The number of carbonyl (C=O) groups is 4. The molecule has 3 N–H and O–H groups in total. The minimum Gasteiger partial charge on any atom is -0.462 e. The van der Waals surface area contributed by atoms with Crippen molar-refractivity contribution in [1.82, 2.24) is 0 Å². The normalized spacial score (nSPS) is 14.8. The van der Waals surface area contributed by atoms with Crippen LogP contribution < -0.4 is 0 Å². The van der Waals surface area contributed by atoms with Gasteiger partial charge in [0.2, 0.25) is 0 Å². The van der Waals surface area contributed by atoms with Gasteiger partial charge in [-0.25, -0.2) is 9.13 Å². The molecular formula is C93H148O17P2. The zero-order chi connectivity index (χ0) is 81.7. The van der Waals surface area contributed by atoms with Gasteiger partial charge in [0.25, 0.3) is 0 Å². The van der Waals surface area contributed by atoms with Crippen LogP contribution in [0.5, 0.6) is 0 Å². The quantitative estimate of drug-likeness (QED) is 0.0169. The zero-order valence-corrected chi connectivity index (χ0v) is 71.0. The molecule has 0 fully saturated rings. The molecule has 5 unspecified atom stereocenters. The fourth-order valence-corrected chi connectivity index (χ4v) is 11.9. The molecule has 0 aliphatic heterocycles. The average Bonchev–Trinajstić information content (AvgIpc) is 0.898. The maximum Gasteiger partial charge on any atom is 0.472 e. The van der Waals surface area contributed by atoms with E-state index in [1.807, 2.05) is 36.5 Å². The molecular weight excluding hydrogens is 1450 g/mol. The van der Waals surface area contributed by atoms with Gasteiger partial charge >= 0.3 is 39.5 Å². The number of hydrogen-bond acceptors (Lipinski definition) is 15. The Morgan fingerprint density at radius 1 is 0.259 bits per heavy atom. The van der Waals surface area contributed by atoms with Crippen molar-refractivity contribution in [2.24, 2.45) is 0 Å².